The Hall–Kier alpha value is -3.72. The van der Waals surface area contributed by atoms with Gasteiger partial charge in [0.1, 0.15) is 23.4 Å². The SMILES string of the molecule is C#Cc1c(F)ccc2cc(O)cc(-n3ccc4cncnc4c3=O)c12. The molecule has 120 valence electrons. The van der Waals surface area contributed by atoms with E-state index in [1.165, 1.54) is 47.6 Å². The zero-order valence-electron chi connectivity index (χ0n) is 12.8. The number of phenolic OH excluding ortho intramolecular Hbond substituents is 1. The number of hydrogen-bond donors (Lipinski definition) is 1. The van der Waals surface area contributed by atoms with E-state index in [-0.39, 0.29) is 22.5 Å². The zero-order chi connectivity index (χ0) is 17.6. The molecule has 2 aromatic heterocycles. The lowest BCUT2D eigenvalue weighted by Crippen LogP contribution is -2.19. The Kier molecular flexibility index (Phi) is 3.22. The Labute approximate surface area is 141 Å². The van der Waals surface area contributed by atoms with Crippen molar-refractivity contribution in [3.05, 3.63) is 70.8 Å². The predicted octanol–water partition coefficient (Wildman–Crippen LogP) is 2.76. The summed E-state index contributed by atoms with van der Waals surface area (Å²) in [6.45, 7) is 0. The van der Waals surface area contributed by atoms with Crippen LogP contribution in [0.25, 0.3) is 27.4 Å². The molecule has 5 nitrogen and oxygen atoms in total. The summed E-state index contributed by atoms with van der Waals surface area (Å²) in [7, 11) is 0. The van der Waals surface area contributed by atoms with Crippen LogP contribution in [0.3, 0.4) is 0 Å². The highest BCUT2D eigenvalue weighted by Gasteiger charge is 2.15. The molecule has 0 aliphatic heterocycles. The van der Waals surface area contributed by atoms with Gasteiger partial charge in [-0.2, -0.15) is 0 Å². The highest BCUT2D eigenvalue weighted by atomic mass is 19.1. The molecule has 0 radical (unpaired) electrons. The summed E-state index contributed by atoms with van der Waals surface area (Å²) in [5.74, 6) is 1.69. The normalized spacial score (nSPS) is 10.9. The summed E-state index contributed by atoms with van der Waals surface area (Å²) in [6.07, 6.45) is 9.80. The zero-order valence-corrected chi connectivity index (χ0v) is 12.8. The molecule has 4 aromatic rings. The van der Waals surface area contributed by atoms with Gasteiger partial charge in [0.05, 0.1) is 11.3 Å². The van der Waals surface area contributed by atoms with E-state index in [2.05, 4.69) is 15.9 Å². The standard InChI is InChI=1S/C19H10FN3O2/c1-2-14-15(20)4-3-11-7-13(24)8-16(17(11)14)23-6-5-12-9-21-10-22-18(12)19(23)25/h1,3-10,24H. The Morgan fingerprint density at radius 2 is 2.04 bits per heavy atom. The van der Waals surface area contributed by atoms with Crippen molar-refractivity contribution in [3.8, 4) is 23.8 Å². The maximum Gasteiger partial charge on any atom is 0.281 e. The van der Waals surface area contributed by atoms with Gasteiger partial charge >= 0.3 is 0 Å². The van der Waals surface area contributed by atoms with Gasteiger partial charge in [-0.25, -0.2) is 14.4 Å². The highest BCUT2D eigenvalue weighted by molar-refractivity contribution is 5.96. The lowest BCUT2D eigenvalue weighted by atomic mass is 10.0. The number of hydrogen-bond acceptors (Lipinski definition) is 4. The van der Waals surface area contributed by atoms with Crippen LogP contribution in [0.1, 0.15) is 5.56 Å². The summed E-state index contributed by atoms with van der Waals surface area (Å²) >= 11 is 0. The fraction of sp³-hybridized carbons (Fsp3) is 0. The van der Waals surface area contributed by atoms with Crippen molar-refractivity contribution in [1.82, 2.24) is 14.5 Å². The average Bonchev–Trinajstić information content (AvgIpc) is 2.62. The number of rotatable bonds is 1. The van der Waals surface area contributed by atoms with E-state index in [1.807, 2.05) is 0 Å². The molecule has 0 bridgehead atoms. The predicted molar refractivity (Wildman–Crippen MR) is 92.2 cm³/mol. The van der Waals surface area contributed by atoms with E-state index >= 15 is 0 Å². The molecule has 0 amide bonds. The largest absolute Gasteiger partial charge is 0.508 e. The first-order chi connectivity index (χ1) is 12.1. The highest BCUT2D eigenvalue weighted by Crippen LogP contribution is 2.31. The van der Waals surface area contributed by atoms with E-state index in [0.717, 1.165) is 0 Å². The molecular formula is C19H10FN3O2. The number of benzene rings is 2. The number of nitrogens with zero attached hydrogens (tertiary/aromatic N) is 3. The maximum atomic E-state index is 14.2. The van der Waals surface area contributed by atoms with E-state index in [9.17, 15) is 14.3 Å². The van der Waals surface area contributed by atoms with Gasteiger partial charge in [-0.05, 0) is 23.6 Å². The minimum atomic E-state index is -0.571. The van der Waals surface area contributed by atoms with Crippen LogP contribution in [0.4, 0.5) is 4.39 Å². The van der Waals surface area contributed by atoms with Crippen LogP contribution in [0.5, 0.6) is 5.75 Å². The molecule has 2 aromatic carbocycles. The first kappa shape index (κ1) is 14.8. The molecule has 0 unspecified atom stereocenters. The third-order valence-corrected chi connectivity index (χ3v) is 4.00. The molecule has 0 saturated heterocycles. The van der Waals surface area contributed by atoms with E-state index < -0.39 is 11.4 Å². The smallest absolute Gasteiger partial charge is 0.281 e. The van der Waals surface area contributed by atoms with Crippen LogP contribution in [0.15, 0.2) is 53.8 Å². The second kappa shape index (κ2) is 5.42. The topological polar surface area (TPSA) is 68.0 Å². The number of halogens is 1. The van der Waals surface area contributed by atoms with Gasteiger partial charge in [0.25, 0.3) is 5.56 Å². The van der Waals surface area contributed by atoms with Gasteiger partial charge in [-0.3, -0.25) is 9.36 Å². The third-order valence-electron chi connectivity index (χ3n) is 4.00. The molecule has 0 aliphatic carbocycles. The molecule has 1 N–H and O–H groups in total. The van der Waals surface area contributed by atoms with Crippen molar-refractivity contribution < 1.29 is 9.50 Å². The minimum absolute atomic E-state index is 0.0298. The van der Waals surface area contributed by atoms with Gasteiger partial charge in [-0.15, -0.1) is 6.42 Å². The lowest BCUT2D eigenvalue weighted by Gasteiger charge is -2.13. The third kappa shape index (κ3) is 2.22. The Morgan fingerprint density at radius 1 is 1.20 bits per heavy atom. The molecule has 2 heterocycles. The van der Waals surface area contributed by atoms with Crippen LogP contribution in [-0.4, -0.2) is 19.6 Å². The van der Waals surface area contributed by atoms with Crippen molar-refractivity contribution in [3.63, 3.8) is 0 Å². The summed E-state index contributed by atoms with van der Waals surface area (Å²) < 4.78 is 15.4. The van der Waals surface area contributed by atoms with Crippen LogP contribution >= 0.6 is 0 Å². The Bertz CT molecular complexity index is 1260. The van der Waals surface area contributed by atoms with Gasteiger partial charge in [0, 0.05) is 29.2 Å². The Balaban J connectivity index is 2.19. The van der Waals surface area contributed by atoms with E-state index in [0.29, 0.717) is 16.2 Å². The molecule has 0 atom stereocenters. The number of aromatic nitrogens is 3. The van der Waals surface area contributed by atoms with E-state index in [1.54, 1.807) is 6.07 Å². The van der Waals surface area contributed by atoms with Crippen molar-refractivity contribution in [2.45, 2.75) is 0 Å². The molecule has 0 fully saturated rings. The summed E-state index contributed by atoms with van der Waals surface area (Å²) in [4.78, 5) is 20.7. The molecule has 4 rings (SSSR count). The summed E-state index contributed by atoms with van der Waals surface area (Å²) in [6, 6.07) is 7.24. The molecule has 0 aliphatic rings. The fourth-order valence-electron chi connectivity index (χ4n) is 2.90. The second-order valence-electron chi connectivity index (χ2n) is 5.45. The molecule has 25 heavy (non-hydrogen) atoms. The van der Waals surface area contributed by atoms with Crippen LogP contribution < -0.4 is 5.56 Å². The van der Waals surface area contributed by atoms with Gasteiger partial charge in [-0.1, -0.05) is 12.0 Å². The summed E-state index contributed by atoms with van der Waals surface area (Å²) in [5, 5.41) is 11.5. The van der Waals surface area contributed by atoms with Crippen LogP contribution in [0, 0.1) is 18.2 Å². The van der Waals surface area contributed by atoms with Crippen LogP contribution in [-0.2, 0) is 0 Å². The van der Waals surface area contributed by atoms with Crippen molar-refractivity contribution in [2.75, 3.05) is 0 Å². The first-order valence-corrected chi connectivity index (χ1v) is 7.34. The lowest BCUT2D eigenvalue weighted by molar-refractivity contribution is 0.476. The second-order valence-corrected chi connectivity index (χ2v) is 5.45. The monoisotopic (exact) mass is 331 g/mol. The van der Waals surface area contributed by atoms with Crippen molar-refractivity contribution in [2.24, 2.45) is 0 Å². The molecule has 6 heteroatoms. The van der Waals surface area contributed by atoms with E-state index in [4.69, 9.17) is 6.42 Å². The van der Waals surface area contributed by atoms with Gasteiger partial charge in [0.15, 0.2) is 0 Å². The molecule has 0 saturated carbocycles. The van der Waals surface area contributed by atoms with Crippen LogP contribution in [0.2, 0.25) is 0 Å². The van der Waals surface area contributed by atoms with Gasteiger partial charge in [0.2, 0.25) is 0 Å². The number of phenols is 1. The number of terminal acetylenes is 1. The number of pyridine rings is 1. The quantitative estimate of drug-likeness (QED) is 0.545. The number of aromatic hydroxyl groups is 1. The average molecular weight is 331 g/mol. The van der Waals surface area contributed by atoms with Crippen molar-refractivity contribution >= 4 is 21.7 Å². The first-order valence-electron chi connectivity index (χ1n) is 7.34. The minimum Gasteiger partial charge on any atom is -0.508 e. The van der Waals surface area contributed by atoms with Crippen molar-refractivity contribution in [1.29, 1.82) is 0 Å². The fourth-order valence-corrected chi connectivity index (χ4v) is 2.90. The molecule has 0 spiro atoms. The number of fused-ring (bicyclic) bond motifs is 2. The summed E-state index contributed by atoms with van der Waals surface area (Å²) in [5.41, 5.74) is 0.113. The Morgan fingerprint density at radius 3 is 2.84 bits per heavy atom. The van der Waals surface area contributed by atoms with Gasteiger partial charge < -0.3 is 5.11 Å². The maximum absolute atomic E-state index is 14.2. The molecular weight excluding hydrogens is 321 g/mol.